The maximum Gasteiger partial charge on any atom is 0.0564 e. The van der Waals surface area contributed by atoms with Crippen LogP contribution in [0, 0.1) is 11.8 Å². The molecule has 154 valence electrons. The molecule has 0 saturated heterocycles. The van der Waals surface area contributed by atoms with E-state index < -0.39 is 0 Å². The van der Waals surface area contributed by atoms with E-state index in [1.54, 1.807) is 0 Å². The first kappa shape index (κ1) is 21.6. The van der Waals surface area contributed by atoms with Crippen LogP contribution in [0.25, 0.3) is 0 Å². The van der Waals surface area contributed by atoms with E-state index in [9.17, 15) is 0 Å². The van der Waals surface area contributed by atoms with Crippen molar-refractivity contribution >= 4 is 0 Å². The van der Waals surface area contributed by atoms with Gasteiger partial charge in [-0.15, -0.1) is 6.58 Å². The third kappa shape index (κ3) is 5.51. The van der Waals surface area contributed by atoms with Crippen molar-refractivity contribution in [3.8, 4) is 0 Å². The van der Waals surface area contributed by atoms with Crippen LogP contribution in [0.1, 0.15) is 19.8 Å². The number of nitrogens with zero attached hydrogens (tertiary/aromatic N) is 1. The number of hydrogen-bond donors (Lipinski definition) is 0. The van der Waals surface area contributed by atoms with Crippen molar-refractivity contribution in [3.05, 3.63) is 133 Å². The Balaban J connectivity index is 1.73. The fourth-order valence-corrected chi connectivity index (χ4v) is 3.89. The van der Waals surface area contributed by atoms with E-state index in [1.807, 2.05) is 12.2 Å². The summed E-state index contributed by atoms with van der Waals surface area (Å²) < 4.78 is 0. The first-order valence-electron chi connectivity index (χ1n) is 10.8. The summed E-state index contributed by atoms with van der Waals surface area (Å²) in [6, 6.07) is 0.219. The minimum absolute atomic E-state index is 0.219. The van der Waals surface area contributed by atoms with Crippen LogP contribution >= 0.6 is 0 Å². The quantitative estimate of drug-likeness (QED) is 0.326. The third-order valence-corrected chi connectivity index (χ3v) is 5.83. The van der Waals surface area contributed by atoms with Crippen LogP contribution in [-0.4, -0.2) is 18.0 Å². The molecule has 0 aromatic rings. The average molecular weight is 396 g/mol. The van der Waals surface area contributed by atoms with Gasteiger partial charge in [0.2, 0.25) is 0 Å². The molecule has 0 fully saturated rings. The highest BCUT2D eigenvalue weighted by Gasteiger charge is 2.18. The molecule has 3 atom stereocenters. The lowest BCUT2D eigenvalue weighted by Crippen LogP contribution is -2.31. The second-order valence-corrected chi connectivity index (χ2v) is 8.06. The van der Waals surface area contributed by atoms with E-state index in [0.717, 1.165) is 12.8 Å². The van der Waals surface area contributed by atoms with E-state index >= 15 is 0 Å². The lowest BCUT2D eigenvalue weighted by atomic mass is 9.90. The lowest BCUT2D eigenvalue weighted by Gasteiger charge is -2.29. The standard InChI is InChI=1S/C29H33N/c1-5-24(26-11-7-8-12-26)14-10-22-30(4)29-15-9-13-27(21-20-25(29)6-2)28-18-16-23(3)17-19-28/h5-11,13-16,18-23,25,29H,1-2,12,17H2,3-4H3/b15-9-,21-20+,22-10+,24-14+,27-13+. The molecule has 0 heterocycles. The first-order chi connectivity index (χ1) is 14.6. The zero-order chi connectivity index (χ0) is 21.3. The predicted molar refractivity (Wildman–Crippen MR) is 132 cm³/mol. The Hall–Kier alpha value is -3.06. The maximum absolute atomic E-state index is 4.09. The summed E-state index contributed by atoms with van der Waals surface area (Å²) >= 11 is 0. The van der Waals surface area contributed by atoms with Gasteiger partial charge in [-0.2, -0.15) is 0 Å². The van der Waals surface area contributed by atoms with Gasteiger partial charge in [0.05, 0.1) is 6.04 Å². The molecule has 0 aliphatic heterocycles. The number of hydrogen-bond acceptors (Lipinski definition) is 1. The molecule has 0 aromatic carbocycles. The van der Waals surface area contributed by atoms with Crippen molar-refractivity contribution in [1.29, 1.82) is 0 Å². The monoisotopic (exact) mass is 395 g/mol. The van der Waals surface area contributed by atoms with Gasteiger partial charge in [0.15, 0.2) is 0 Å². The van der Waals surface area contributed by atoms with Crippen LogP contribution in [0.5, 0.6) is 0 Å². The summed E-state index contributed by atoms with van der Waals surface area (Å²) in [5.74, 6) is 0.862. The molecular formula is C29H33N. The van der Waals surface area contributed by atoms with E-state index in [2.05, 4.69) is 117 Å². The van der Waals surface area contributed by atoms with E-state index in [-0.39, 0.29) is 12.0 Å². The first-order valence-corrected chi connectivity index (χ1v) is 10.8. The third-order valence-electron chi connectivity index (χ3n) is 5.83. The van der Waals surface area contributed by atoms with Gasteiger partial charge < -0.3 is 4.90 Å². The summed E-state index contributed by atoms with van der Waals surface area (Å²) in [5, 5.41) is 0. The Morgan fingerprint density at radius 1 is 1.07 bits per heavy atom. The normalized spacial score (nSPS) is 30.0. The summed E-state index contributed by atoms with van der Waals surface area (Å²) in [7, 11) is 2.12. The highest BCUT2D eigenvalue weighted by Crippen LogP contribution is 2.26. The maximum atomic E-state index is 4.09. The summed E-state index contributed by atoms with van der Waals surface area (Å²) in [6.07, 6.45) is 36.9. The number of likely N-dealkylation sites (N-methyl/N-ethyl adjacent to an activating group) is 1. The molecule has 0 saturated carbocycles. The Kier molecular flexibility index (Phi) is 7.68. The molecule has 3 aliphatic rings. The summed E-state index contributed by atoms with van der Waals surface area (Å²) in [6.45, 7) is 10.3. The Labute approximate surface area is 182 Å². The molecule has 0 N–H and O–H groups in total. The van der Waals surface area contributed by atoms with Crippen molar-refractivity contribution in [2.45, 2.75) is 25.8 Å². The zero-order valence-corrected chi connectivity index (χ0v) is 18.2. The molecule has 0 bridgehead atoms. The molecule has 0 spiro atoms. The van der Waals surface area contributed by atoms with Gasteiger partial charge >= 0.3 is 0 Å². The molecule has 30 heavy (non-hydrogen) atoms. The number of allylic oxidation sites excluding steroid dienone is 16. The highest BCUT2D eigenvalue weighted by molar-refractivity contribution is 5.50. The van der Waals surface area contributed by atoms with Crippen molar-refractivity contribution in [1.82, 2.24) is 4.90 Å². The molecule has 3 aliphatic carbocycles. The Bertz CT molecular complexity index is 923. The lowest BCUT2D eigenvalue weighted by molar-refractivity contribution is 0.347. The fourth-order valence-electron chi connectivity index (χ4n) is 3.89. The van der Waals surface area contributed by atoms with Crippen molar-refractivity contribution in [3.63, 3.8) is 0 Å². The SMILES string of the molecule is C=C/C(=C\C=C\N(C)C1\C=C/C=C(C2=CCC(C)C=C2)\C=C\C1C=C)C1=CC=CC1. The van der Waals surface area contributed by atoms with Crippen LogP contribution in [0.4, 0.5) is 0 Å². The fraction of sp³-hybridized carbons (Fsp3) is 0.241. The smallest absolute Gasteiger partial charge is 0.0564 e. The molecule has 0 amide bonds. The predicted octanol–water partition coefficient (Wildman–Crippen LogP) is 7.18. The minimum atomic E-state index is 0.219. The van der Waals surface area contributed by atoms with Gasteiger partial charge in [-0.3, -0.25) is 0 Å². The highest BCUT2D eigenvalue weighted by atomic mass is 15.1. The molecule has 1 nitrogen and oxygen atoms in total. The van der Waals surface area contributed by atoms with Crippen LogP contribution in [-0.2, 0) is 0 Å². The number of rotatable bonds is 7. The average Bonchev–Trinajstić information content (AvgIpc) is 3.27. The Morgan fingerprint density at radius 2 is 1.90 bits per heavy atom. The molecule has 0 aromatic heterocycles. The second-order valence-electron chi connectivity index (χ2n) is 8.06. The van der Waals surface area contributed by atoms with Crippen LogP contribution in [0.3, 0.4) is 0 Å². The van der Waals surface area contributed by atoms with Gasteiger partial charge in [-0.1, -0.05) is 98.6 Å². The molecule has 3 rings (SSSR count). The van der Waals surface area contributed by atoms with Gasteiger partial charge in [0, 0.05) is 13.0 Å². The van der Waals surface area contributed by atoms with Crippen molar-refractivity contribution < 1.29 is 0 Å². The van der Waals surface area contributed by atoms with E-state index in [4.69, 9.17) is 0 Å². The second kappa shape index (κ2) is 10.6. The van der Waals surface area contributed by atoms with Crippen LogP contribution in [0.2, 0.25) is 0 Å². The van der Waals surface area contributed by atoms with Gasteiger partial charge in [0.1, 0.15) is 0 Å². The largest absolute Gasteiger partial charge is 0.373 e. The van der Waals surface area contributed by atoms with Crippen molar-refractivity contribution in [2.24, 2.45) is 11.8 Å². The van der Waals surface area contributed by atoms with Crippen LogP contribution < -0.4 is 0 Å². The van der Waals surface area contributed by atoms with E-state index in [1.165, 1.54) is 22.3 Å². The van der Waals surface area contributed by atoms with Gasteiger partial charge in [0.25, 0.3) is 0 Å². The van der Waals surface area contributed by atoms with E-state index in [0.29, 0.717) is 5.92 Å². The minimum Gasteiger partial charge on any atom is -0.373 e. The van der Waals surface area contributed by atoms with Gasteiger partial charge in [-0.25, -0.2) is 0 Å². The van der Waals surface area contributed by atoms with Gasteiger partial charge in [-0.05, 0) is 53.3 Å². The molecular weight excluding hydrogens is 362 g/mol. The Morgan fingerprint density at radius 3 is 2.57 bits per heavy atom. The zero-order valence-electron chi connectivity index (χ0n) is 18.2. The summed E-state index contributed by atoms with van der Waals surface area (Å²) in [5.41, 5.74) is 5.05. The topological polar surface area (TPSA) is 3.24 Å². The molecule has 0 radical (unpaired) electrons. The van der Waals surface area contributed by atoms with Crippen LogP contribution in [0.15, 0.2) is 133 Å². The molecule has 1 heteroatoms. The molecule has 3 unspecified atom stereocenters. The summed E-state index contributed by atoms with van der Waals surface area (Å²) in [4.78, 5) is 2.24. The van der Waals surface area contributed by atoms with Crippen molar-refractivity contribution in [2.75, 3.05) is 7.05 Å².